The number of rotatable bonds is 4. The van der Waals surface area contributed by atoms with E-state index in [9.17, 15) is 0 Å². The summed E-state index contributed by atoms with van der Waals surface area (Å²) in [5.41, 5.74) is 2.88. The summed E-state index contributed by atoms with van der Waals surface area (Å²) in [6.07, 6.45) is 7.45. The van der Waals surface area contributed by atoms with Gasteiger partial charge in [-0.3, -0.25) is 4.72 Å². The molecule has 134 valence electrons. The first kappa shape index (κ1) is 16.4. The lowest BCUT2D eigenvalue weighted by Gasteiger charge is -2.56. The zero-order valence-electron chi connectivity index (χ0n) is 14.4. The summed E-state index contributed by atoms with van der Waals surface area (Å²) in [5, 5.41) is 0.625. The van der Waals surface area contributed by atoms with Gasteiger partial charge in [-0.25, -0.2) is 9.97 Å². The van der Waals surface area contributed by atoms with Crippen molar-refractivity contribution in [2.24, 2.45) is 0 Å². The van der Waals surface area contributed by atoms with E-state index in [2.05, 4.69) is 31.9 Å². The molecule has 2 atom stereocenters. The van der Waals surface area contributed by atoms with Gasteiger partial charge in [-0.05, 0) is 43.7 Å². The third kappa shape index (κ3) is 2.68. The molecule has 3 aliphatic rings. The predicted molar refractivity (Wildman–Crippen MR) is 109 cm³/mol. The molecule has 2 bridgehead atoms. The van der Waals surface area contributed by atoms with Gasteiger partial charge in [0, 0.05) is 29.9 Å². The van der Waals surface area contributed by atoms with E-state index in [-0.39, 0.29) is 0 Å². The largest absolute Gasteiger partial charge is 0.350 e. The molecule has 3 aromatic rings. The summed E-state index contributed by atoms with van der Waals surface area (Å²) < 4.78 is 3.51. The van der Waals surface area contributed by atoms with Gasteiger partial charge in [0.2, 0.25) is 0 Å². The Balaban J connectivity index is 1.46. The number of para-hydroxylation sites is 2. The van der Waals surface area contributed by atoms with Gasteiger partial charge in [0.25, 0.3) is 0 Å². The molecule has 3 fully saturated rings. The predicted octanol–water partition coefficient (Wildman–Crippen LogP) is 4.26. The lowest BCUT2D eigenvalue weighted by atomic mass is 9.77. The van der Waals surface area contributed by atoms with Crippen LogP contribution in [0.15, 0.2) is 36.5 Å². The van der Waals surface area contributed by atoms with Crippen molar-refractivity contribution in [3.63, 3.8) is 0 Å². The number of benzene rings is 1. The molecule has 5 nitrogen and oxygen atoms in total. The van der Waals surface area contributed by atoms with E-state index in [4.69, 9.17) is 16.6 Å². The molecule has 2 aromatic heterocycles. The molecule has 0 spiro atoms. The van der Waals surface area contributed by atoms with E-state index in [1.807, 2.05) is 24.3 Å². The number of hydrogen-bond donors (Lipinski definition) is 2. The van der Waals surface area contributed by atoms with Crippen LogP contribution in [0.4, 0.5) is 5.82 Å². The summed E-state index contributed by atoms with van der Waals surface area (Å²) in [5.74, 6) is 1.81. The van der Waals surface area contributed by atoms with Crippen LogP contribution in [-0.2, 0) is 0 Å². The molecule has 4 heterocycles. The Morgan fingerprint density at radius 1 is 1.23 bits per heavy atom. The Morgan fingerprint density at radius 3 is 2.81 bits per heavy atom. The van der Waals surface area contributed by atoms with Crippen LogP contribution in [0.25, 0.3) is 22.4 Å². The van der Waals surface area contributed by atoms with Crippen LogP contribution >= 0.6 is 23.5 Å². The molecule has 1 aromatic carbocycles. The topological polar surface area (TPSA) is 56.8 Å². The molecule has 2 unspecified atom stereocenters. The number of nitrogens with zero attached hydrogens (tertiary/aromatic N) is 3. The molecule has 2 saturated heterocycles. The Labute approximate surface area is 161 Å². The van der Waals surface area contributed by atoms with Gasteiger partial charge in [-0.15, -0.1) is 0 Å². The van der Waals surface area contributed by atoms with Gasteiger partial charge < -0.3 is 9.88 Å². The van der Waals surface area contributed by atoms with Crippen molar-refractivity contribution in [2.45, 2.75) is 37.4 Å². The molecule has 2 N–H and O–H groups in total. The van der Waals surface area contributed by atoms with Crippen LogP contribution in [0.1, 0.15) is 19.3 Å². The number of pyridine rings is 1. The number of imidazole rings is 1. The molecule has 0 radical (unpaired) electrons. The lowest BCUT2D eigenvalue weighted by molar-refractivity contribution is 0.211. The maximum Gasteiger partial charge on any atom is 0.140 e. The first-order chi connectivity index (χ1) is 12.7. The zero-order valence-corrected chi connectivity index (χ0v) is 16.0. The number of anilines is 1. The van der Waals surface area contributed by atoms with Gasteiger partial charge in [-0.1, -0.05) is 35.7 Å². The van der Waals surface area contributed by atoms with Crippen LogP contribution in [-0.4, -0.2) is 39.3 Å². The minimum atomic E-state index is 0.565. The molecule has 26 heavy (non-hydrogen) atoms. The van der Waals surface area contributed by atoms with Gasteiger partial charge >= 0.3 is 0 Å². The summed E-state index contributed by atoms with van der Waals surface area (Å²) in [7, 11) is 0. The van der Waals surface area contributed by atoms with Crippen LogP contribution in [0.5, 0.6) is 0 Å². The highest BCUT2D eigenvalue weighted by molar-refractivity contribution is 7.96. The third-order valence-corrected chi connectivity index (χ3v) is 6.35. The highest BCUT2D eigenvalue weighted by atomic mass is 35.5. The fourth-order valence-corrected chi connectivity index (χ4v) is 5.06. The highest BCUT2D eigenvalue weighted by Gasteiger charge is 2.45. The Bertz CT molecular complexity index is 913. The number of fused-ring (bicyclic) bond motifs is 3. The van der Waals surface area contributed by atoms with E-state index >= 15 is 0 Å². The number of hydrogen-bond acceptors (Lipinski definition) is 5. The summed E-state index contributed by atoms with van der Waals surface area (Å²) >= 11 is 8.17. The molecule has 7 heteroatoms. The van der Waals surface area contributed by atoms with Crippen molar-refractivity contribution in [1.82, 2.24) is 19.7 Å². The molecular weight excluding hydrogens is 366 g/mol. The van der Waals surface area contributed by atoms with E-state index < -0.39 is 0 Å². The van der Waals surface area contributed by atoms with Crippen molar-refractivity contribution in [1.29, 1.82) is 0 Å². The fourth-order valence-electron chi connectivity index (χ4n) is 4.34. The van der Waals surface area contributed by atoms with Crippen molar-refractivity contribution >= 4 is 40.4 Å². The van der Waals surface area contributed by atoms with Crippen LogP contribution in [0.2, 0.25) is 5.02 Å². The smallest absolute Gasteiger partial charge is 0.140 e. The second-order valence-corrected chi connectivity index (χ2v) is 8.12. The van der Waals surface area contributed by atoms with E-state index in [0.717, 1.165) is 28.2 Å². The Kier molecular flexibility index (Phi) is 4.07. The van der Waals surface area contributed by atoms with E-state index in [1.165, 1.54) is 19.3 Å². The van der Waals surface area contributed by atoms with Gasteiger partial charge in [0.1, 0.15) is 11.6 Å². The number of nitrogens with one attached hydrogen (secondary N) is 2. The van der Waals surface area contributed by atoms with E-state index in [0.29, 0.717) is 23.1 Å². The van der Waals surface area contributed by atoms with Gasteiger partial charge in [-0.2, -0.15) is 0 Å². The normalized spacial score (nSPS) is 24.7. The second kappa shape index (κ2) is 6.44. The summed E-state index contributed by atoms with van der Waals surface area (Å²) in [4.78, 5) is 15.2. The standard InChI is InChI=1S/C19H20ClN5S/c1-26-24-11-6-12-8-13(7-11)25(12)18-9-14(15(20)10-21-18)19-22-16-4-2-3-5-17(16)23-19/h2-5,9-13,24H,6-8H2,1H3,(H,22,23). The average Bonchev–Trinajstić information content (AvgIpc) is 3.07. The first-order valence-electron chi connectivity index (χ1n) is 8.90. The number of aromatic amines is 1. The van der Waals surface area contributed by atoms with Gasteiger partial charge in [0.15, 0.2) is 0 Å². The number of halogens is 1. The number of aromatic nitrogens is 3. The number of piperidine rings is 1. The second-order valence-electron chi connectivity index (χ2n) is 7.07. The summed E-state index contributed by atoms with van der Waals surface area (Å²) in [6.45, 7) is 0. The van der Waals surface area contributed by atoms with Crippen LogP contribution in [0.3, 0.4) is 0 Å². The molecular formula is C19H20ClN5S. The van der Waals surface area contributed by atoms with Crippen LogP contribution in [0, 0.1) is 0 Å². The quantitative estimate of drug-likeness (QED) is 0.657. The average molecular weight is 386 g/mol. The van der Waals surface area contributed by atoms with Crippen molar-refractivity contribution < 1.29 is 0 Å². The highest BCUT2D eigenvalue weighted by Crippen LogP contribution is 2.42. The van der Waals surface area contributed by atoms with Gasteiger partial charge in [0.05, 0.1) is 16.1 Å². The van der Waals surface area contributed by atoms with E-state index in [1.54, 1.807) is 18.1 Å². The third-order valence-electron chi connectivity index (χ3n) is 5.48. The van der Waals surface area contributed by atoms with Crippen molar-refractivity contribution in [3.8, 4) is 11.4 Å². The SMILES string of the molecule is CSNC1CC2CC(C1)N2c1cc(-c2nc3ccccc3[nH]2)c(Cl)cn1. The molecule has 0 amide bonds. The van der Waals surface area contributed by atoms with Crippen LogP contribution < -0.4 is 9.62 Å². The fraction of sp³-hybridized carbons (Fsp3) is 0.368. The molecule has 6 rings (SSSR count). The minimum Gasteiger partial charge on any atom is -0.350 e. The van der Waals surface area contributed by atoms with Crippen molar-refractivity contribution in [2.75, 3.05) is 11.2 Å². The summed E-state index contributed by atoms with van der Waals surface area (Å²) in [6, 6.07) is 11.8. The zero-order chi connectivity index (χ0) is 17.7. The maximum absolute atomic E-state index is 6.46. The lowest BCUT2D eigenvalue weighted by Crippen LogP contribution is -2.64. The Hall–Kier alpha value is -1.76. The minimum absolute atomic E-state index is 0.565. The first-order valence-corrected chi connectivity index (χ1v) is 10.5. The van der Waals surface area contributed by atoms with Crippen molar-refractivity contribution in [3.05, 3.63) is 41.6 Å². The molecule has 1 aliphatic carbocycles. The molecule has 2 aliphatic heterocycles. The number of H-pyrrole nitrogens is 1. The molecule has 1 saturated carbocycles. The Morgan fingerprint density at radius 2 is 2.04 bits per heavy atom. The maximum atomic E-state index is 6.46. The monoisotopic (exact) mass is 385 g/mol.